The molecule has 2 N–H and O–H groups in total. The van der Waals surface area contributed by atoms with E-state index in [1.54, 1.807) is 6.07 Å². The minimum Gasteiger partial charge on any atom is -0.321 e. The Kier molecular flexibility index (Phi) is 3.94. The van der Waals surface area contributed by atoms with Crippen molar-refractivity contribution in [2.24, 2.45) is 0 Å². The van der Waals surface area contributed by atoms with Gasteiger partial charge >= 0.3 is 0 Å². The molecule has 0 saturated heterocycles. The van der Waals surface area contributed by atoms with Crippen molar-refractivity contribution in [1.82, 2.24) is 4.72 Å². The second kappa shape index (κ2) is 6.40. The Morgan fingerprint density at radius 1 is 0.931 bits per heavy atom. The summed E-state index contributed by atoms with van der Waals surface area (Å²) in [6.07, 6.45) is 2.69. The van der Waals surface area contributed by atoms with Gasteiger partial charge in [0.25, 0.3) is 5.91 Å². The SMILES string of the molecule is CNS(=O)(=O)c1ccc2c(c1)C(=Cc1ccc3c(c1)Cc1ccccc1-3)C(=O)N2. The Labute approximate surface area is 169 Å². The molecule has 0 bridgehead atoms. The number of fused-ring (bicyclic) bond motifs is 4. The van der Waals surface area contributed by atoms with Crippen molar-refractivity contribution in [3.63, 3.8) is 0 Å². The number of amides is 1. The van der Waals surface area contributed by atoms with Gasteiger partial charge in [-0.2, -0.15) is 0 Å². The molecule has 0 fully saturated rings. The van der Waals surface area contributed by atoms with Crippen LogP contribution in [-0.2, 0) is 21.2 Å². The third-order valence-corrected chi connectivity index (χ3v) is 6.89. The molecule has 29 heavy (non-hydrogen) atoms. The number of nitrogens with one attached hydrogen (secondary N) is 2. The van der Waals surface area contributed by atoms with Crippen LogP contribution < -0.4 is 10.0 Å². The number of benzene rings is 3. The van der Waals surface area contributed by atoms with Crippen LogP contribution in [0, 0.1) is 0 Å². The molecule has 6 heteroatoms. The van der Waals surface area contributed by atoms with E-state index in [1.807, 2.05) is 24.3 Å². The third kappa shape index (κ3) is 2.88. The fourth-order valence-electron chi connectivity index (χ4n) is 4.02. The van der Waals surface area contributed by atoms with Crippen LogP contribution in [0.25, 0.3) is 22.8 Å². The summed E-state index contributed by atoms with van der Waals surface area (Å²) in [5.74, 6) is -0.234. The first-order valence-electron chi connectivity index (χ1n) is 9.28. The Hall–Kier alpha value is -3.22. The van der Waals surface area contributed by atoms with Crippen LogP contribution in [-0.4, -0.2) is 21.4 Å². The summed E-state index contributed by atoms with van der Waals surface area (Å²) >= 11 is 0. The molecule has 3 aromatic carbocycles. The smallest absolute Gasteiger partial charge is 0.256 e. The summed E-state index contributed by atoms with van der Waals surface area (Å²) in [5, 5.41) is 2.81. The van der Waals surface area contributed by atoms with Gasteiger partial charge in [0.15, 0.2) is 0 Å². The predicted molar refractivity (Wildman–Crippen MR) is 114 cm³/mol. The van der Waals surface area contributed by atoms with E-state index >= 15 is 0 Å². The molecule has 0 unspecified atom stereocenters. The van der Waals surface area contributed by atoms with Gasteiger partial charge in [-0.15, -0.1) is 0 Å². The number of hydrogen-bond acceptors (Lipinski definition) is 3. The van der Waals surface area contributed by atoms with Gasteiger partial charge in [-0.1, -0.05) is 42.5 Å². The molecule has 3 aromatic rings. The molecule has 0 spiro atoms. The van der Waals surface area contributed by atoms with Gasteiger partial charge in [0.05, 0.1) is 4.90 Å². The predicted octanol–water partition coefficient (Wildman–Crippen LogP) is 3.66. The number of rotatable bonds is 3. The molecular weight excluding hydrogens is 384 g/mol. The lowest BCUT2D eigenvalue weighted by atomic mass is 10.00. The minimum absolute atomic E-state index is 0.130. The van der Waals surface area contributed by atoms with Crippen LogP contribution >= 0.6 is 0 Å². The quantitative estimate of drug-likeness (QED) is 0.514. The summed E-state index contributed by atoms with van der Waals surface area (Å²) < 4.78 is 26.6. The second-order valence-electron chi connectivity index (χ2n) is 7.18. The van der Waals surface area contributed by atoms with E-state index < -0.39 is 10.0 Å². The van der Waals surface area contributed by atoms with E-state index in [2.05, 4.69) is 34.3 Å². The second-order valence-corrected chi connectivity index (χ2v) is 9.06. The van der Waals surface area contributed by atoms with Gasteiger partial charge in [-0.3, -0.25) is 4.79 Å². The lowest BCUT2D eigenvalue weighted by Gasteiger charge is -2.06. The van der Waals surface area contributed by atoms with Gasteiger partial charge in [0.2, 0.25) is 10.0 Å². The maximum atomic E-state index is 12.5. The highest BCUT2D eigenvalue weighted by Crippen LogP contribution is 2.38. The fourth-order valence-corrected chi connectivity index (χ4v) is 4.77. The van der Waals surface area contributed by atoms with E-state index in [0.717, 1.165) is 12.0 Å². The monoisotopic (exact) mass is 402 g/mol. The molecule has 5 rings (SSSR count). The number of hydrogen-bond donors (Lipinski definition) is 2. The Bertz CT molecular complexity index is 1320. The van der Waals surface area contributed by atoms with Gasteiger partial charge < -0.3 is 5.32 Å². The number of anilines is 1. The molecule has 5 nitrogen and oxygen atoms in total. The highest BCUT2D eigenvalue weighted by Gasteiger charge is 2.26. The van der Waals surface area contributed by atoms with E-state index in [9.17, 15) is 13.2 Å². The van der Waals surface area contributed by atoms with Crippen LogP contribution in [0.3, 0.4) is 0 Å². The number of carbonyl (C=O) groups is 1. The van der Waals surface area contributed by atoms with Gasteiger partial charge in [0, 0.05) is 16.8 Å². The number of carbonyl (C=O) groups excluding carboxylic acids is 1. The molecule has 0 aromatic heterocycles. The summed E-state index contributed by atoms with van der Waals surface area (Å²) in [5.41, 5.74) is 7.60. The Morgan fingerprint density at radius 3 is 2.55 bits per heavy atom. The van der Waals surface area contributed by atoms with Crippen molar-refractivity contribution in [2.75, 3.05) is 12.4 Å². The molecule has 0 saturated carbocycles. The molecule has 1 aliphatic heterocycles. The van der Waals surface area contributed by atoms with Crippen LogP contribution in [0.4, 0.5) is 5.69 Å². The van der Waals surface area contributed by atoms with E-state index in [4.69, 9.17) is 0 Å². The van der Waals surface area contributed by atoms with Crippen LogP contribution in [0.15, 0.2) is 65.6 Å². The third-order valence-electron chi connectivity index (χ3n) is 5.48. The van der Waals surface area contributed by atoms with Crippen molar-refractivity contribution in [2.45, 2.75) is 11.3 Å². The molecule has 0 radical (unpaired) electrons. The minimum atomic E-state index is -3.59. The molecule has 1 heterocycles. The molecule has 2 aliphatic rings. The molecular formula is C23H18N2O3S. The molecule has 1 aliphatic carbocycles. The zero-order valence-electron chi connectivity index (χ0n) is 15.7. The van der Waals surface area contributed by atoms with Crippen molar-refractivity contribution in [1.29, 1.82) is 0 Å². The summed E-state index contributed by atoms with van der Waals surface area (Å²) in [4.78, 5) is 12.7. The fraction of sp³-hybridized carbons (Fsp3) is 0.0870. The number of sulfonamides is 1. The first-order chi connectivity index (χ1) is 14.0. The zero-order valence-corrected chi connectivity index (χ0v) is 16.5. The topological polar surface area (TPSA) is 75.3 Å². The summed E-state index contributed by atoms with van der Waals surface area (Å²) in [7, 11) is -2.22. The van der Waals surface area contributed by atoms with Crippen LogP contribution in [0.2, 0.25) is 0 Å². The van der Waals surface area contributed by atoms with Crippen LogP contribution in [0.5, 0.6) is 0 Å². The largest absolute Gasteiger partial charge is 0.321 e. The van der Waals surface area contributed by atoms with E-state index in [1.165, 1.54) is 41.4 Å². The summed E-state index contributed by atoms with van der Waals surface area (Å²) in [6.45, 7) is 0. The molecule has 0 atom stereocenters. The average Bonchev–Trinajstić information content (AvgIpc) is 3.24. The lowest BCUT2D eigenvalue weighted by molar-refractivity contribution is -0.110. The molecule has 144 valence electrons. The Balaban J connectivity index is 1.57. The van der Waals surface area contributed by atoms with Crippen molar-refractivity contribution >= 4 is 33.3 Å². The Morgan fingerprint density at radius 2 is 1.72 bits per heavy atom. The lowest BCUT2D eigenvalue weighted by Crippen LogP contribution is -2.18. The van der Waals surface area contributed by atoms with E-state index in [-0.39, 0.29) is 10.8 Å². The normalized spacial score (nSPS) is 15.8. The van der Waals surface area contributed by atoms with Crippen molar-refractivity contribution < 1.29 is 13.2 Å². The van der Waals surface area contributed by atoms with Gasteiger partial charge in [-0.25, -0.2) is 13.1 Å². The van der Waals surface area contributed by atoms with Gasteiger partial charge in [-0.05, 0) is 65.6 Å². The first kappa shape index (κ1) is 17.8. The first-order valence-corrected chi connectivity index (χ1v) is 10.8. The van der Waals surface area contributed by atoms with Gasteiger partial charge in [0.1, 0.15) is 0 Å². The summed E-state index contributed by atoms with van der Waals surface area (Å²) in [6, 6.07) is 19.2. The standard InChI is InChI=1S/C23H18N2O3S/c1-24-29(27,28)17-7-9-22-20(13-17)21(23(26)25-22)11-14-6-8-19-16(10-14)12-15-4-2-3-5-18(15)19/h2-11,13,24H,12H2,1H3,(H,25,26). The maximum absolute atomic E-state index is 12.5. The highest BCUT2D eigenvalue weighted by molar-refractivity contribution is 7.89. The van der Waals surface area contributed by atoms with E-state index in [0.29, 0.717) is 16.8 Å². The maximum Gasteiger partial charge on any atom is 0.256 e. The van der Waals surface area contributed by atoms with Crippen molar-refractivity contribution in [3.8, 4) is 11.1 Å². The zero-order chi connectivity index (χ0) is 20.2. The average molecular weight is 402 g/mol. The van der Waals surface area contributed by atoms with Crippen molar-refractivity contribution in [3.05, 3.63) is 82.9 Å². The van der Waals surface area contributed by atoms with Crippen LogP contribution in [0.1, 0.15) is 22.3 Å². The molecule has 1 amide bonds. The highest BCUT2D eigenvalue weighted by atomic mass is 32.2.